The quantitative estimate of drug-likeness (QED) is 0.250. The van der Waals surface area contributed by atoms with Crippen LogP contribution >= 0.6 is 11.6 Å². The first-order valence-electron chi connectivity index (χ1n) is 12.0. The van der Waals surface area contributed by atoms with Crippen molar-refractivity contribution in [3.05, 3.63) is 106 Å². The minimum absolute atomic E-state index is 0.409. The Kier molecular flexibility index (Phi) is 5.77. The van der Waals surface area contributed by atoms with Crippen LogP contribution < -0.4 is 0 Å². The number of pyridine rings is 1. The maximum Gasteiger partial charge on any atom is 0.141 e. The van der Waals surface area contributed by atoms with Crippen molar-refractivity contribution in [2.24, 2.45) is 0 Å². The van der Waals surface area contributed by atoms with E-state index in [9.17, 15) is 10.5 Å². The summed E-state index contributed by atoms with van der Waals surface area (Å²) in [4.78, 5) is 12.4. The van der Waals surface area contributed by atoms with Crippen LogP contribution in [0.5, 0.6) is 0 Å². The minimum atomic E-state index is 0.409. The molecule has 37 heavy (non-hydrogen) atoms. The Bertz CT molecular complexity index is 1860. The van der Waals surface area contributed by atoms with Crippen molar-refractivity contribution >= 4 is 44.2 Å². The number of nitrogens with zero attached hydrogens (tertiary/aromatic N) is 4. The van der Waals surface area contributed by atoms with Gasteiger partial charge in [-0.25, -0.2) is 4.98 Å². The van der Waals surface area contributed by atoms with E-state index < -0.39 is 0 Å². The van der Waals surface area contributed by atoms with E-state index in [0.717, 1.165) is 51.8 Å². The molecular weight excluding hydrogens is 478 g/mol. The zero-order valence-electron chi connectivity index (χ0n) is 19.8. The van der Waals surface area contributed by atoms with Crippen LogP contribution in [0.15, 0.2) is 79.1 Å². The molecule has 1 N–H and O–H groups in total. The molecule has 6 heteroatoms. The predicted octanol–water partition coefficient (Wildman–Crippen LogP) is 7.50. The van der Waals surface area contributed by atoms with E-state index in [1.165, 1.54) is 11.1 Å². The number of hydrogen-bond acceptors (Lipinski definition) is 4. The summed E-state index contributed by atoms with van der Waals surface area (Å²) in [5.41, 5.74) is 5.54. The number of aromatic nitrogens is 3. The molecule has 0 saturated heterocycles. The van der Waals surface area contributed by atoms with E-state index in [4.69, 9.17) is 16.6 Å². The number of aromatic amines is 1. The van der Waals surface area contributed by atoms with Crippen molar-refractivity contribution in [2.75, 3.05) is 0 Å². The van der Waals surface area contributed by atoms with Gasteiger partial charge in [0, 0.05) is 28.2 Å². The highest BCUT2D eigenvalue weighted by molar-refractivity contribution is 6.33. The number of H-pyrrole nitrogens is 1. The number of nitriles is 2. The van der Waals surface area contributed by atoms with Gasteiger partial charge in [-0.2, -0.15) is 10.5 Å². The highest BCUT2D eigenvalue weighted by Crippen LogP contribution is 2.38. The number of nitrogens with one attached hydrogen (secondary N) is 1. The molecule has 2 heterocycles. The second-order valence-electron chi connectivity index (χ2n) is 9.04. The molecule has 0 saturated carbocycles. The average molecular weight is 498 g/mol. The third-order valence-electron chi connectivity index (χ3n) is 6.81. The summed E-state index contributed by atoms with van der Waals surface area (Å²) < 4.78 is 0. The first-order valence-corrected chi connectivity index (χ1v) is 12.4. The first kappa shape index (κ1) is 22.7. The molecule has 0 spiro atoms. The molecule has 176 valence electrons. The molecule has 0 fully saturated rings. The number of aryl methyl sites for hydroxylation is 2. The van der Waals surface area contributed by atoms with E-state index >= 15 is 0 Å². The largest absolute Gasteiger partial charge is 0.337 e. The number of imidazole rings is 1. The maximum absolute atomic E-state index is 9.70. The van der Waals surface area contributed by atoms with Gasteiger partial charge < -0.3 is 4.98 Å². The summed E-state index contributed by atoms with van der Waals surface area (Å²) in [6.45, 7) is 0. The van der Waals surface area contributed by atoms with Crippen LogP contribution in [0.1, 0.15) is 28.7 Å². The van der Waals surface area contributed by atoms with E-state index in [1.807, 2.05) is 30.6 Å². The molecule has 0 radical (unpaired) electrons. The Balaban J connectivity index is 1.51. The minimum Gasteiger partial charge on any atom is -0.337 e. The van der Waals surface area contributed by atoms with Crippen molar-refractivity contribution in [1.82, 2.24) is 15.0 Å². The number of benzene rings is 4. The third kappa shape index (κ3) is 4.06. The fraction of sp³-hybridized carbons (Fsp3) is 0.0968. The molecule has 0 aliphatic heterocycles. The van der Waals surface area contributed by atoms with Crippen LogP contribution in [0, 0.1) is 22.7 Å². The van der Waals surface area contributed by atoms with Crippen LogP contribution in [0.3, 0.4) is 0 Å². The fourth-order valence-corrected chi connectivity index (χ4v) is 5.23. The molecule has 0 atom stereocenters. The molecule has 0 aliphatic carbocycles. The van der Waals surface area contributed by atoms with Gasteiger partial charge in [0.1, 0.15) is 5.82 Å². The summed E-state index contributed by atoms with van der Waals surface area (Å²) in [5, 5.41) is 24.2. The maximum atomic E-state index is 9.70. The van der Waals surface area contributed by atoms with Crippen molar-refractivity contribution in [3.63, 3.8) is 0 Å². The average Bonchev–Trinajstić information content (AvgIpc) is 3.38. The summed E-state index contributed by atoms with van der Waals surface area (Å²) in [6.07, 6.45) is 6.65. The molecule has 0 amide bonds. The van der Waals surface area contributed by atoms with Gasteiger partial charge in [0.25, 0.3) is 0 Å². The number of fused-ring (bicyclic) bond motifs is 6. The van der Waals surface area contributed by atoms with Crippen LogP contribution in [0.4, 0.5) is 0 Å². The van der Waals surface area contributed by atoms with Gasteiger partial charge in [0.05, 0.1) is 39.9 Å². The van der Waals surface area contributed by atoms with Crippen LogP contribution in [0.25, 0.3) is 44.0 Å². The van der Waals surface area contributed by atoms with E-state index in [0.29, 0.717) is 27.5 Å². The molecule has 0 unspecified atom stereocenters. The zero-order valence-corrected chi connectivity index (χ0v) is 20.5. The lowest BCUT2D eigenvalue weighted by molar-refractivity contribution is 0.820. The van der Waals surface area contributed by atoms with Crippen molar-refractivity contribution in [2.45, 2.75) is 19.3 Å². The number of rotatable bonds is 5. The summed E-state index contributed by atoms with van der Waals surface area (Å²) >= 11 is 6.44. The van der Waals surface area contributed by atoms with Crippen LogP contribution in [0.2, 0.25) is 5.02 Å². The highest BCUT2D eigenvalue weighted by Gasteiger charge is 2.18. The van der Waals surface area contributed by atoms with E-state index in [2.05, 4.69) is 52.4 Å². The Hall–Kier alpha value is -4.71. The molecule has 0 bridgehead atoms. The van der Waals surface area contributed by atoms with Crippen molar-refractivity contribution in [3.8, 4) is 23.5 Å². The lowest BCUT2D eigenvalue weighted by atomic mass is 9.96. The van der Waals surface area contributed by atoms with Gasteiger partial charge in [-0.1, -0.05) is 41.9 Å². The molecule has 6 rings (SSSR count). The number of halogens is 1. The standard InChI is InChI=1S/C31H20ClN5/c32-23-8-10-25-27(16-23)26-15-20(4-1-3-19-11-13-35-14-12-19)7-9-24(26)29-30(25)37-31(36-29)28-21(17-33)5-2-6-22(28)18-34/h2,5-16H,1,3-4H2,(H,36,37). The smallest absolute Gasteiger partial charge is 0.141 e. The lowest BCUT2D eigenvalue weighted by Crippen LogP contribution is -1.91. The molecule has 6 aromatic rings. The van der Waals surface area contributed by atoms with Gasteiger partial charge >= 0.3 is 0 Å². The van der Waals surface area contributed by atoms with E-state index in [-0.39, 0.29) is 0 Å². The summed E-state index contributed by atoms with van der Waals surface area (Å²) in [6, 6.07) is 26.0. The van der Waals surface area contributed by atoms with Crippen LogP contribution in [-0.4, -0.2) is 15.0 Å². The van der Waals surface area contributed by atoms with Gasteiger partial charge in [-0.15, -0.1) is 0 Å². The van der Waals surface area contributed by atoms with Crippen LogP contribution in [-0.2, 0) is 12.8 Å². The zero-order chi connectivity index (χ0) is 25.4. The molecule has 4 aromatic carbocycles. The summed E-state index contributed by atoms with van der Waals surface area (Å²) in [7, 11) is 0. The molecule has 2 aromatic heterocycles. The Labute approximate surface area is 218 Å². The Morgan fingerprint density at radius 3 is 2.22 bits per heavy atom. The lowest BCUT2D eigenvalue weighted by Gasteiger charge is -2.09. The highest BCUT2D eigenvalue weighted by atomic mass is 35.5. The van der Waals surface area contributed by atoms with Gasteiger partial charge in [0.15, 0.2) is 0 Å². The van der Waals surface area contributed by atoms with E-state index in [1.54, 1.807) is 18.2 Å². The third-order valence-corrected chi connectivity index (χ3v) is 7.04. The monoisotopic (exact) mass is 497 g/mol. The Morgan fingerprint density at radius 1 is 0.757 bits per heavy atom. The van der Waals surface area contributed by atoms with Crippen molar-refractivity contribution < 1.29 is 0 Å². The second kappa shape index (κ2) is 9.39. The normalized spacial score (nSPS) is 11.1. The van der Waals surface area contributed by atoms with Gasteiger partial charge in [-0.05, 0) is 77.6 Å². The SMILES string of the molecule is N#Cc1cccc(C#N)c1-c1nc2c3ccc(Cl)cc3c3cc(CCCc4ccncc4)ccc3c2[nH]1. The summed E-state index contributed by atoms with van der Waals surface area (Å²) in [5.74, 6) is 0.508. The molecule has 0 aliphatic rings. The molecular formula is C31H20ClN5. The van der Waals surface area contributed by atoms with Gasteiger partial charge in [0.2, 0.25) is 0 Å². The van der Waals surface area contributed by atoms with Crippen molar-refractivity contribution in [1.29, 1.82) is 10.5 Å². The number of hydrogen-bond donors (Lipinski definition) is 1. The Morgan fingerprint density at radius 2 is 1.46 bits per heavy atom. The fourth-order valence-electron chi connectivity index (χ4n) is 5.05. The first-order chi connectivity index (χ1) is 18.2. The second-order valence-corrected chi connectivity index (χ2v) is 9.48. The topological polar surface area (TPSA) is 89.2 Å². The molecule has 5 nitrogen and oxygen atoms in total. The van der Waals surface area contributed by atoms with Gasteiger partial charge in [-0.3, -0.25) is 4.98 Å². The predicted molar refractivity (Wildman–Crippen MR) is 147 cm³/mol.